The summed E-state index contributed by atoms with van der Waals surface area (Å²) in [5.74, 6) is -0.504. The number of nitrogens with zero attached hydrogens (tertiary/aromatic N) is 1. The smallest absolute Gasteiger partial charge is 0.135 e. The largest absolute Gasteiger partial charge is 0.395 e. The number of aliphatic hydroxyl groups excluding tert-OH is 2. The first-order chi connectivity index (χ1) is 8.10. The minimum Gasteiger partial charge on any atom is -0.395 e. The van der Waals surface area contributed by atoms with Crippen LogP contribution in [0.5, 0.6) is 0 Å². The van der Waals surface area contributed by atoms with Gasteiger partial charge < -0.3 is 20.8 Å². The SMILES string of the molecule is NC(=S)c1ccc(N(CCO)CCO)cc1F. The average molecular weight is 258 g/mol. The van der Waals surface area contributed by atoms with Crippen LogP contribution in [0.3, 0.4) is 0 Å². The summed E-state index contributed by atoms with van der Waals surface area (Å²) < 4.78 is 13.6. The highest BCUT2D eigenvalue weighted by Crippen LogP contribution is 2.18. The summed E-state index contributed by atoms with van der Waals surface area (Å²) in [5.41, 5.74) is 6.12. The van der Waals surface area contributed by atoms with E-state index in [-0.39, 0.29) is 23.8 Å². The summed E-state index contributed by atoms with van der Waals surface area (Å²) in [6.07, 6.45) is 0. The quantitative estimate of drug-likeness (QED) is 0.638. The van der Waals surface area contributed by atoms with Gasteiger partial charge in [0.2, 0.25) is 0 Å². The second-order valence-electron chi connectivity index (χ2n) is 3.46. The maximum Gasteiger partial charge on any atom is 0.135 e. The van der Waals surface area contributed by atoms with E-state index in [0.717, 1.165) is 0 Å². The number of benzene rings is 1. The average Bonchev–Trinajstić information content (AvgIpc) is 2.28. The van der Waals surface area contributed by atoms with E-state index >= 15 is 0 Å². The fourth-order valence-corrected chi connectivity index (χ4v) is 1.68. The number of anilines is 1. The van der Waals surface area contributed by atoms with Crippen LogP contribution < -0.4 is 10.6 Å². The molecule has 0 aliphatic rings. The number of halogens is 1. The lowest BCUT2D eigenvalue weighted by Crippen LogP contribution is -2.29. The maximum absolute atomic E-state index is 13.6. The van der Waals surface area contributed by atoms with Crippen molar-refractivity contribution in [3.63, 3.8) is 0 Å². The van der Waals surface area contributed by atoms with Crippen LogP contribution in [-0.4, -0.2) is 41.5 Å². The number of hydrogen-bond acceptors (Lipinski definition) is 4. The van der Waals surface area contributed by atoms with Gasteiger partial charge in [0.15, 0.2) is 0 Å². The molecule has 0 atom stereocenters. The van der Waals surface area contributed by atoms with Gasteiger partial charge in [-0.05, 0) is 18.2 Å². The first-order valence-electron chi connectivity index (χ1n) is 5.16. The summed E-state index contributed by atoms with van der Waals surface area (Å²) >= 11 is 4.71. The van der Waals surface area contributed by atoms with Gasteiger partial charge in [-0.3, -0.25) is 0 Å². The molecule has 0 saturated carbocycles. The number of aliphatic hydroxyl groups is 2. The number of thiocarbonyl (C=S) groups is 1. The van der Waals surface area contributed by atoms with E-state index in [4.69, 9.17) is 28.2 Å². The van der Waals surface area contributed by atoms with Crippen molar-refractivity contribution in [3.8, 4) is 0 Å². The van der Waals surface area contributed by atoms with Gasteiger partial charge in [0, 0.05) is 24.3 Å². The fraction of sp³-hybridized carbons (Fsp3) is 0.364. The van der Waals surface area contributed by atoms with Gasteiger partial charge in [0.25, 0.3) is 0 Å². The van der Waals surface area contributed by atoms with Crippen molar-refractivity contribution in [2.75, 3.05) is 31.2 Å². The van der Waals surface area contributed by atoms with E-state index in [1.54, 1.807) is 11.0 Å². The Bertz CT molecular complexity index is 395. The monoisotopic (exact) mass is 258 g/mol. The molecule has 1 rings (SSSR count). The lowest BCUT2D eigenvalue weighted by molar-refractivity contribution is 0.281. The third-order valence-electron chi connectivity index (χ3n) is 2.32. The van der Waals surface area contributed by atoms with E-state index in [1.807, 2.05) is 0 Å². The van der Waals surface area contributed by atoms with Crippen LogP contribution in [0.1, 0.15) is 5.56 Å². The molecule has 0 bridgehead atoms. The molecule has 0 aliphatic carbocycles. The molecule has 6 heteroatoms. The van der Waals surface area contributed by atoms with Crippen molar-refractivity contribution in [1.29, 1.82) is 0 Å². The molecular formula is C11H15FN2O2S. The molecule has 0 heterocycles. The predicted octanol–water partition coefficient (Wildman–Crippen LogP) is 0.251. The van der Waals surface area contributed by atoms with Crippen LogP contribution in [0.4, 0.5) is 10.1 Å². The molecule has 1 aromatic rings. The van der Waals surface area contributed by atoms with Gasteiger partial charge in [0.1, 0.15) is 10.8 Å². The highest BCUT2D eigenvalue weighted by Gasteiger charge is 2.10. The normalized spacial score (nSPS) is 10.3. The van der Waals surface area contributed by atoms with E-state index in [9.17, 15) is 4.39 Å². The molecule has 0 radical (unpaired) electrons. The van der Waals surface area contributed by atoms with Crippen molar-refractivity contribution in [2.24, 2.45) is 5.73 Å². The standard InChI is InChI=1S/C11H15FN2O2S/c12-10-7-8(1-2-9(10)11(13)17)14(3-5-15)4-6-16/h1-2,7,15-16H,3-6H2,(H2,13,17). The van der Waals surface area contributed by atoms with Gasteiger partial charge in [-0.25, -0.2) is 4.39 Å². The van der Waals surface area contributed by atoms with Crippen LogP contribution >= 0.6 is 12.2 Å². The van der Waals surface area contributed by atoms with Crippen LogP contribution in [0.15, 0.2) is 18.2 Å². The van der Waals surface area contributed by atoms with Gasteiger partial charge in [0.05, 0.1) is 13.2 Å². The van der Waals surface area contributed by atoms with Gasteiger partial charge in [-0.1, -0.05) is 12.2 Å². The Labute approximate surface area is 104 Å². The predicted molar refractivity (Wildman–Crippen MR) is 68.7 cm³/mol. The second kappa shape index (κ2) is 6.48. The molecule has 0 aliphatic heterocycles. The molecule has 0 fully saturated rings. The molecule has 0 unspecified atom stereocenters. The minimum absolute atomic E-state index is 0.00455. The van der Waals surface area contributed by atoms with E-state index in [0.29, 0.717) is 18.8 Å². The van der Waals surface area contributed by atoms with Crippen LogP contribution in [0.25, 0.3) is 0 Å². The zero-order valence-corrected chi connectivity index (χ0v) is 10.1. The van der Waals surface area contributed by atoms with Crippen LogP contribution in [0.2, 0.25) is 0 Å². The Balaban J connectivity index is 2.97. The second-order valence-corrected chi connectivity index (χ2v) is 3.90. The first-order valence-corrected chi connectivity index (χ1v) is 5.57. The van der Waals surface area contributed by atoms with E-state index in [1.165, 1.54) is 12.1 Å². The molecule has 1 aromatic carbocycles. The third kappa shape index (κ3) is 3.62. The number of rotatable bonds is 6. The molecular weight excluding hydrogens is 243 g/mol. The highest BCUT2D eigenvalue weighted by atomic mass is 32.1. The number of hydrogen-bond donors (Lipinski definition) is 3. The van der Waals surface area contributed by atoms with Crippen molar-refractivity contribution >= 4 is 22.9 Å². The fourth-order valence-electron chi connectivity index (χ4n) is 1.51. The Morgan fingerprint density at radius 2 is 1.88 bits per heavy atom. The molecule has 94 valence electrons. The van der Waals surface area contributed by atoms with E-state index < -0.39 is 5.82 Å². The van der Waals surface area contributed by atoms with Crippen molar-refractivity contribution in [1.82, 2.24) is 0 Å². The minimum atomic E-state index is -0.504. The summed E-state index contributed by atoms with van der Waals surface area (Å²) in [7, 11) is 0. The topological polar surface area (TPSA) is 69.7 Å². The highest BCUT2D eigenvalue weighted by molar-refractivity contribution is 7.80. The molecule has 17 heavy (non-hydrogen) atoms. The van der Waals surface area contributed by atoms with Gasteiger partial charge in [-0.2, -0.15) is 0 Å². The Hall–Kier alpha value is -1.24. The first kappa shape index (κ1) is 13.8. The molecule has 0 saturated heterocycles. The molecule has 4 nitrogen and oxygen atoms in total. The zero-order valence-electron chi connectivity index (χ0n) is 9.27. The summed E-state index contributed by atoms with van der Waals surface area (Å²) in [5, 5.41) is 17.8. The van der Waals surface area contributed by atoms with Crippen molar-refractivity contribution < 1.29 is 14.6 Å². The van der Waals surface area contributed by atoms with Gasteiger partial charge in [-0.15, -0.1) is 0 Å². The summed E-state index contributed by atoms with van der Waals surface area (Å²) in [4.78, 5) is 1.68. The lowest BCUT2D eigenvalue weighted by Gasteiger charge is -2.23. The molecule has 0 spiro atoms. The van der Waals surface area contributed by atoms with Crippen molar-refractivity contribution in [2.45, 2.75) is 0 Å². The lowest BCUT2D eigenvalue weighted by atomic mass is 10.1. The van der Waals surface area contributed by atoms with Crippen LogP contribution in [0, 0.1) is 5.82 Å². The molecule has 0 aromatic heterocycles. The van der Waals surface area contributed by atoms with Crippen molar-refractivity contribution in [3.05, 3.63) is 29.6 Å². The Morgan fingerprint density at radius 1 is 1.29 bits per heavy atom. The summed E-state index contributed by atoms with van der Waals surface area (Å²) in [6, 6.07) is 4.44. The Morgan fingerprint density at radius 3 is 2.29 bits per heavy atom. The Kier molecular flexibility index (Phi) is 5.27. The van der Waals surface area contributed by atoms with Crippen LogP contribution in [-0.2, 0) is 0 Å². The molecule has 0 amide bonds. The van der Waals surface area contributed by atoms with Gasteiger partial charge >= 0.3 is 0 Å². The maximum atomic E-state index is 13.6. The molecule has 4 N–H and O–H groups in total. The third-order valence-corrected chi connectivity index (χ3v) is 2.54. The number of nitrogens with two attached hydrogens (primary N) is 1. The van der Waals surface area contributed by atoms with E-state index in [2.05, 4.69) is 0 Å². The zero-order chi connectivity index (χ0) is 12.8. The summed E-state index contributed by atoms with van der Waals surface area (Å²) in [6.45, 7) is 0.510.